The van der Waals surface area contributed by atoms with Crippen LogP contribution in [-0.4, -0.2) is 10.9 Å². The van der Waals surface area contributed by atoms with Crippen LogP contribution >= 0.6 is 0 Å². The molecule has 1 amide bonds. The first-order valence-corrected chi connectivity index (χ1v) is 7.45. The van der Waals surface area contributed by atoms with E-state index in [-0.39, 0.29) is 5.91 Å². The highest BCUT2D eigenvalue weighted by Gasteiger charge is 2.15. The maximum absolute atomic E-state index is 11.6. The molecule has 118 valence electrons. The molecule has 0 spiro atoms. The number of carbonyl (C=O) groups excluding carboxylic acids is 1. The highest BCUT2D eigenvalue weighted by molar-refractivity contribution is 6.03. The van der Waals surface area contributed by atoms with Gasteiger partial charge in [0.05, 0.1) is 16.8 Å². The molecule has 0 aliphatic rings. The molecule has 0 aliphatic carbocycles. The minimum absolute atomic E-state index is 0.353. The molecule has 0 aliphatic heterocycles. The third-order valence-corrected chi connectivity index (χ3v) is 3.94. The standard InChI is InChI=1S/C19H16N4O/c1-2-18(24)23-17-5-3-4-13(16(17)11-21)14-7-6-12(10-20)19-15(14)8-9-22-19/h2-9,22H,1,10,20H2,(H,23,24). The molecule has 0 atom stereocenters. The van der Waals surface area contributed by atoms with Crippen molar-refractivity contribution in [2.45, 2.75) is 6.54 Å². The molecule has 2 aromatic carbocycles. The van der Waals surface area contributed by atoms with Crippen molar-refractivity contribution in [1.29, 1.82) is 5.26 Å². The number of anilines is 1. The van der Waals surface area contributed by atoms with Crippen LogP contribution in [0.2, 0.25) is 0 Å². The highest BCUT2D eigenvalue weighted by Crippen LogP contribution is 2.34. The van der Waals surface area contributed by atoms with E-state index in [4.69, 9.17) is 5.73 Å². The topological polar surface area (TPSA) is 94.7 Å². The number of aromatic amines is 1. The predicted octanol–water partition coefficient (Wildman–Crippen LogP) is 3.29. The van der Waals surface area contributed by atoms with Gasteiger partial charge in [-0.2, -0.15) is 5.26 Å². The summed E-state index contributed by atoms with van der Waals surface area (Å²) in [6.07, 6.45) is 3.02. The molecule has 0 saturated heterocycles. The minimum Gasteiger partial charge on any atom is -0.361 e. The highest BCUT2D eigenvalue weighted by atomic mass is 16.1. The lowest BCUT2D eigenvalue weighted by atomic mass is 9.94. The lowest BCUT2D eigenvalue weighted by molar-refractivity contribution is -0.111. The van der Waals surface area contributed by atoms with Crippen molar-refractivity contribution in [3.8, 4) is 17.2 Å². The van der Waals surface area contributed by atoms with Gasteiger partial charge in [-0.1, -0.05) is 30.8 Å². The molecule has 3 rings (SSSR count). The Morgan fingerprint density at radius 3 is 2.83 bits per heavy atom. The number of rotatable bonds is 4. The first-order valence-electron chi connectivity index (χ1n) is 7.45. The van der Waals surface area contributed by atoms with Gasteiger partial charge in [0, 0.05) is 23.7 Å². The van der Waals surface area contributed by atoms with Crippen molar-refractivity contribution in [2.75, 3.05) is 5.32 Å². The van der Waals surface area contributed by atoms with E-state index < -0.39 is 0 Å². The number of fused-ring (bicyclic) bond motifs is 1. The van der Waals surface area contributed by atoms with Crippen molar-refractivity contribution in [1.82, 2.24) is 4.98 Å². The summed E-state index contributed by atoms with van der Waals surface area (Å²) in [5, 5.41) is 13.3. The molecule has 3 aromatic rings. The fourth-order valence-corrected chi connectivity index (χ4v) is 2.81. The molecule has 0 saturated carbocycles. The van der Waals surface area contributed by atoms with Crippen LogP contribution in [0.3, 0.4) is 0 Å². The molecule has 0 bridgehead atoms. The number of nitrogens with two attached hydrogens (primary N) is 1. The smallest absolute Gasteiger partial charge is 0.247 e. The third-order valence-electron chi connectivity index (χ3n) is 3.94. The number of benzene rings is 2. The molecule has 1 aromatic heterocycles. The van der Waals surface area contributed by atoms with Crippen LogP contribution in [0.25, 0.3) is 22.0 Å². The van der Waals surface area contributed by atoms with Crippen LogP contribution in [0.4, 0.5) is 5.69 Å². The largest absolute Gasteiger partial charge is 0.361 e. The van der Waals surface area contributed by atoms with Crippen LogP contribution in [0.15, 0.2) is 55.3 Å². The van der Waals surface area contributed by atoms with E-state index in [0.717, 1.165) is 27.6 Å². The van der Waals surface area contributed by atoms with Crippen molar-refractivity contribution in [2.24, 2.45) is 5.73 Å². The van der Waals surface area contributed by atoms with Crippen molar-refractivity contribution in [3.63, 3.8) is 0 Å². The monoisotopic (exact) mass is 316 g/mol. The van der Waals surface area contributed by atoms with Gasteiger partial charge in [-0.05, 0) is 29.3 Å². The van der Waals surface area contributed by atoms with Gasteiger partial charge in [-0.25, -0.2) is 0 Å². The first kappa shape index (κ1) is 15.5. The molecule has 5 heteroatoms. The number of nitriles is 1. The number of aromatic nitrogens is 1. The molecular weight excluding hydrogens is 300 g/mol. The summed E-state index contributed by atoms with van der Waals surface area (Å²) in [4.78, 5) is 14.8. The number of nitrogens with zero attached hydrogens (tertiary/aromatic N) is 1. The van der Waals surface area contributed by atoms with Gasteiger partial charge in [0.2, 0.25) is 5.91 Å². The molecule has 0 radical (unpaired) electrons. The zero-order chi connectivity index (χ0) is 17.1. The second-order valence-electron chi connectivity index (χ2n) is 5.28. The molecular formula is C19H16N4O. The van der Waals surface area contributed by atoms with Gasteiger partial charge >= 0.3 is 0 Å². The van der Waals surface area contributed by atoms with Gasteiger partial charge in [0.25, 0.3) is 0 Å². The summed E-state index contributed by atoms with van der Waals surface area (Å²) in [5.74, 6) is -0.353. The molecule has 0 fully saturated rings. The fraction of sp³-hybridized carbons (Fsp3) is 0.0526. The zero-order valence-corrected chi connectivity index (χ0v) is 13.0. The Morgan fingerprint density at radius 1 is 1.29 bits per heavy atom. The first-order chi connectivity index (χ1) is 11.7. The van der Waals surface area contributed by atoms with E-state index in [1.54, 1.807) is 6.07 Å². The van der Waals surface area contributed by atoms with E-state index in [0.29, 0.717) is 17.8 Å². The Balaban J connectivity index is 2.22. The Morgan fingerprint density at radius 2 is 2.12 bits per heavy atom. The van der Waals surface area contributed by atoms with E-state index in [1.165, 1.54) is 6.08 Å². The Labute approximate surface area is 139 Å². The van der Waals surface area contributed by atoms with Gasteiger partial charge in [-0.15, -0.1) is 0 Å². The number of hydrogen-bond acceptors (Lipinski definition) is 3. The Kier molecular flexibility index (Phi) is 4.15. The summed E-state index contributed by atoms with van der Waals surface area (Å²) >= 11 is 0. The number of H-pyrrole nitrogens is 1. The lowest BCUT2D eigenvalue weighted by Gasteiger charge is -2.12. The molecule has 0 unspecified atom stereocenters. The van der Waals surface area contributed by atoms with Crippen LogP contribution < -0.4 is 11.1 Å². The second-order valence-corrected chi connectivity index (χ2v) is 5.28. The number of amides is 1. The van der Waals surface area contributed by atoms with Gasteiger partial charge < -0.3 is 16.0 Å². The van der Waals surface area contributed by atoms with Gasteiger partial charge in [0.1, 0.15) is 6.07 Å². The number of hydrogen-bond donors (Lipinski definition) is 3. The predicted molar refractivity (Wildman–Crippen MR) is 95.2 cm³/mol. The SMILES string of the molecule is C=CC(=O)Nc1cccc(-c2ccc(CN)c3[nH]ccc23)c1C#N. The Bertz CT molecular complexity index is 979. The second kappa shape index (κ2) is 6.41. The van der Waals surface area contributed by atoms with Crippen LogP contribution in [0.5, 0.6) is 0 Å². The van der Waals surface area contributed by atoms with Gasteiger partial charge in [-0.3, -0.25) is 4.79 Å². The molecule has 1 heterocycles. The van der Waals surface area contributed by atoms with E-state index in [2.05, 4.69) is 22.9 Å². The van der Waals surface area contributed by atoms with E-state index in [9.17, 15) is 10.1 Å². The van der Waals surface area contributed by atoms with Crippen molar-refractivity contribution >= 4 is 22.5 Å². The molecule has 5 nitrogen and oxygen atoms in total. The maximum atomic E-state index is 11.6. The quantitative estimate of drug-likeness (QED) is 0.645. The van der Waals surface area contributed by atoms with Gasteiger partial charge in [0.15, 0.2) is 0 Å². The summed E-state index contributed by atoms with van der Waals surface area (Å²) in [5.41, 5.74) is 10.3. The average Bonchev–Trinajstić information content (AvgIpc) is 3.10. The Hall–Kier alpha value is -3.36. The summed E-state index contributed by atoms with van der Waals surface area (Å²) < 4.78 is 0. The summed E-state index contributed by atoms with van der Waals surface area (Å²) in [6.45, 7) is 3.86. The average molecular weight is 316 g/mol. The summed E-state index contributed by atoms with van der Waals surface area (Å²) in [7, 11) is 0. The third kappa shape index (κ3) is 2.56. The summed E-state index contributed by atoms with van der Waals surface area (Å²) in [6, 6.07) is 13.4. The molecule has 24 heavy (non-hydrogen) atoms. The number of nitrogens with one attached hydrogen (secondary N) is 2. The van der Waals surface area contributed by atoms with Crippen molar-refractivity contribution in [3.05, 3.63) is 66.4 Å². The fourth-order valence-electron chi connectivity index (χ4n) is 2.81. The van der Waals surface area contributed by atoms with Crippen LogP contribution in [-0.2, 0) is 11.3 Å². The maximum Gasteiger partial charge on any atom is 0.247 e. The normalized spacial score (nSPS) is 10.3. The van der Waals surface area contributed by atoms with Crippen LogP contribution in [0.1, 0.15) is 11.1 Å². The van der Waals surface area contributed by atoms with Crippen molar-refractivity contribution < 1.29 is 4.79 Å². The zero-order valence-electron chi connectivity index (χ0n) is 13.0. The van der Waals surface area contributed by atoms with E-state index >= 15 is 0 Å². The lowest BCUT2D eigenvalue weighted by Crippen LogP contribution is -2.09. The minimum atomic E-state index is -0.353. The van der Waals surface area contributed by atoms with E-state index in [1.807, 2.05) is 36.5 Å². The molecule has 4 N–H and O–H groups in total. The van der Waals surface area contributed by atoms with Crippen LogP contribution in [0, 0.1) is 11.3 Å². The number of carbonyl (C=O) groups is 1.